The van der Waals surface area contributed by atoms with Crippen LogP contribution in [-0.4, -0.2) is 39.2 Å². The zero-order valence-electron chi connectivity index (χ0n) is 19.4. The molecule has 34 heavy (non-hydrogen) atoms. The van der Waals surface area contributed by atoms with Crippen LogP contribution in [0.3, 0.4) is 0 Å². The number of aryl methyl sites for hydroxylation is 1. The molecule has 7 nitrogen and oxygen atoms in total. The van der Waals surface area contributed by atoms with E-state index in [1.54, 1.807) is 15.8 Å². The predicted molar refractivity (Wildman–Crippen MR) is 134 cm³/mol. The van der Waals surface area contributed by atoms with Gasteiger partial charge in [0.2, 0.25) is 0 Å². The molecule has 2 aliphatic rings. The van der Waals surface area contributed by atoms with Crippen molar-refractivity contribution in [3.05, 3.63) is 65.4 Å². The van der Waals surface area contributed by atoms with E-state index >= 15 is 0 Å². The number of nitrogen functional groups attached to an aromatic ring is 1. The molecule has 0 spiro atoms. The van der Waals surface area contributed by atoms with Crippen molar-refractivity contribution in [1.82, 2.24) is 19.7 Å². The van der Waals surface area contributed by atoms with Crippen molar-refractivity contribution in [3.8, 4) is 5.75 Å². The van der Waals surface area contributed by atoms with E-state index < -0.39 is 0 Å². The number of fused-ring (bicyclic) bond motifs is 4. The molecular weight excluding hydrogens is 426 g/mol. The number of allylic oxidation sites excluding steroid dienone is 2. The molecule has 0 bridgehead atoms. The van der Waals surface area contributed by atoms with Crippen molar-refractivity contribution in [2.45, 2.75) is 31.7 Å². The van der Waals surface area contributed by atoms with E-state index in [4.69, 9.17) is 10.5 Å². The Labute approximate surface area is 197 Å². The van der Waals surface area contributed by atoms with Gasteiger partial charge in [0.1, 0.15) is 18.2 Å². The molecule has 0 unspecified atom stereocenters. The first-order valence-corrected chi connectivity index (χ1v) is 11.8. The van der Waals surface area contributed by atoms with Crippen molar-refractivity contribution >= 4 is 39.1 Å². The molecule has 7 heteroatoms. The van der Waals surface area contributed by atoms with Gasteiger partial charge in [-0.3, -0.25) is 9.48 Å². The summed E-state index contributed by atoms with van der Waals surface area (Å²) in [5.41, 5.74) is 12.0. The van der Waals surface area contributed by atoms with Crippen molar-refractivity contribution in [2.24, 2.45) is 7.05 Å². The van der Waals surface area contributed by atoms with E-state index in [1.807, 2.05) is 32.3 Å². The first-order chi connectivity index (χ1) is 16.5. The van der Waals surface area contributed by atoms with E-state index in [1.165, 1.54) is 24.0 Å². The minimum Gasteiger partial charge on any atom is -0.491 e. The normalized spacial score (nSPS) is 17.5. The van der Waals surface area contributed by atoms with E-state index in [0.717, 1.165) is 46.0 Å². The molecule has 2 N–H and O–H groups in total. The summed E-state index contributed by atoms with van der Waals surface area (Å²) < 4.78 is 7.81. The molecule has 3 heterocycles. The summed E-state index contributed by atoms with van der Waals surface area (Å²) in [7, 11) is 3.71. The highest BCUT2D eigenvalue weighted by Crippen LogP contribution is 2.39. The Hall–Kier alpha value is -3.87. The highest BCUT2D eigenvalue weighted by atomic mass is 16.5. The third-order valence-corrected chi connectivity index (χ3v) is 7.17. The first-order valence-electron chi connectivity index (χ1n) is 11.8. The maximum Gasteiger partial charge on any atom is 0.254 e. The summed E-state index contributed by atoms with van der Waals surface area (Å²) in [6.07, 6.45) is 8.82. The number of rotatable bonds is 3. The number of hydrogen-bond donors (Lipinski definition) is 1. The smallest absolute Gasteiger partial charge is 0.254 e. The van der Waals surface area contributed by atoms with Gasteiger partial charge in [0.15, 0.2) is 0 Å². The van der Waals surface area contributed by atoms with E-state index in [2.05, 4.69) is 34.4 Å². The number of aromatic nitrogens is 3. The molecule has 1 aliphatic carbocycles. The van der Waals surface area contributed by atoms with Gasteiger partial charge in [0.25, 0.3) is 5.91 Å². The van der Waals surface area contributed by atoms with Gasteiger partial charge in [0, 0.05) is 30.6 Å². The van der Waals surface area contributed by atoms with Crippen molar-refractivity contribution < 1.29 is 9.53 Å². The van der Waals surface area contributed by atoms with E-state index in [0.29, 0.717) is 18.0 Å². The lowest BCUT2D eigenvalue weighted by Gasteiger charge is -2.24. The third kappa shape index (κ3) is 3.22. The standard InChI is InChI=1S/C27H27N5O2/c1-31(23-15-34-24-13-17(8-10-19(23)24)16-6-4-3-5-7-16)27(33)18-9-11-22-20(12-18)25-21(26(28)30-22)14-29-32(25)2/h6,8-14,23H,3-5,7,15H2,1-2H3,(H2,28,30)/t23-/m1/s1. The molecule has 0 saturated heterocycles. The molecule has 0 saturated carbocycles. The number of anilines is 1. The Balaban J connectivity index is 1.32. The minimum absolute atomic E-state index is 0.0606. The number of carbonyl (C=O) groups excluding carboxylic acids is 1. The van der Waals surface area contributed by atoms with Crippen LogP contribution < -0.4 is 10.5 Å². The van der Waals surface area contributed by atoms with Crippen molar-refractivity contribution in [3.63, 3.8) is 0 Å². The van der Waals surface area contributed by atoms with Crippen LogP contribution in [0.2, 0.25) is 0 Å². The Morgan fingerprint density at radius 2 is 2.06 bits per heavy atom. The Morgan fingerprint density at radius 3 is 2.88 bits per heavy atom. The van der Waals surface area contributed by atoms with Gasteiger partial charge < -0.3 is 15.4 Å². The number of likely N-dealkylation sites (N-methyl/N-ethyl adjacent to an activating group) is 1. The van der Waals surface area contributed by atoms with Crippen molar-refractivity contribution in [2.75, 3.05) is 19.4 Å². The highest BCUT2D eigenvalue weighted by molar-refractivity contribution is 6.10. The van der Waals surface area contributed by atoms with Gasteiger partial charge in [0.05, 0.1) is 28.7 Å². The second-order valence-corrected chi connectivity index (χ2v) is 9.23. The van der Waals surface area contributed by atoms with Crippen LogP contribution in [-0.2, 0) is 7.05 Å². The summed E-state index contributed by atoms with van der Waals surface area (Å²) in [4.78, 5) is 19.8. The summed E-state index contributed by atoms with van der Waals surface area (Å²) in [5.74, 6) is 1.26. The SMILES string of the molecule is CN(C(=O)c1ccc2nc(N)c3cnn(C)c3c2c1)[C@@H]1COc2cc(C3=CCCCC3)ccc21. The molecule has 1 amide bonds. The average molecular weight is 454 g/mol. The van der Waals surface area contributed by atoms with E-state index in [-0.39, 0.29) is 11.9 Å². The Morgan fingerprint density at radius 1 is 1.18 bits per heavy atom. The number of carbonyl (C=O) groups is 1. The molecule has 2 aromatic carbocycles. The number of nitrogens with two attached hydrogens (primary N) is 1. The Bertz CT molecular complexity index is 1490. The van der Waals surface area contributed by atoms with Gasteiger partial charge in [-0.15, -0.1) is 0 Å². The number of pyridine rings is 1. The van der Waals surface area contributed by atoms with Crippen molar-refractivity contribution in [1.29, 1.82) is 0 Å². The molecule has 1 atom stereocenters. The molecule has 1 aliphatic heterocycles. The van der Waals surface area contributed by atoms with Gasteiger partial charge >= 0.3 is 0 Å². The van der Waals surface area contributed by atoms with Crippen LogP contribution in [0.25, 0.3) is 27.4 Å². The lowest BCUT2D eigenvalue weighted by Crippen LogP contribution is -2.32. The fraction of sp³-hybridized carbons (Fsp3) is 0.296. The Kier molecular flexibility index (Phi) is 4.79. The lowest BCUT2D eigenvalue weighted by molar-refractivity contribution is 0.0708. The second kappa shape index (κ2) is 7.87. The quantitative estimate of drug-likeness (QED) is 0.478. The molecule has 2 aromatic heterocycles. The fourth-order valence-electron chi connectivity index (χ4n) is 5.25. The van der Waals surface area contributed by atoms with Gasteiger partial charge in [-0.05, 0) is 61.1 Å². The van der Waals surface area contributed by atoms with Gasteiger partial charge in [-0.2, -0.15) is 5.10 Å². The van der Waals surface area contributed by atoms with Crippen LogP contribution in [0.4, 0.5) is 5.82 Å². The van der Waals surface area contributed by atoms with Gasteiger partial charge in [-0.25, -0.2) is 4.98 Å². The molecule has 4 aromatic rings. The second-order valence-electron chi connectivity index (χ2n) is 9.23. The largest absolute Gasteiger partial charge is 0.491 e. The summed E-state index contributed by atoms with van der Waals surface area (Å²) in [6, 6.07) is 11.8. The highest BCUT2D eigenvalue weighted by Gasteiger charge is 2.31. The number of hydrogen-bond acceptors (Lipinski definition) is 5. The molecule has 172 valence electrons. The topological polar surface area (TPSA) is 86.3 Å². The molecule has 0 fully saturated rings. The zero-order valence-corrected chi connectivity index (χ0v) is 19.4. The number of benzene rings is 2. The van der Waals surface area contributed by atoms with Crippen LogP contribution >= 0.6 is 0 Å². The predicted octanol–water partition coefficient (Wildman–Crippen LogP) is 4.87. The zero-order chi connectivity index (χ0) is 23.4. The molecular formula is C27H27N5O2. The average Bonchev–Trinajstić information content (AvgIpc) is 3.47. The summed E-state index contributed by atoms with van der Waals surface area (Å²) in [5, 5.41) is 5.97. The van der Waals surface area contributed by atoms with Crippen LogP contribution in [0.15, 0.2) is 48.7 Å². The third-order valence-electron chi connectivity index (χ3n) is 7.17. The number of nitrogens with zero attached hydrogens (tertiary/aromatic N) is 4. The maximum atomic E-state index is 13.5. The molecule has 0 radical (unpaired) electrons. The number of ether oxygens (including phenoxy) is 1. The van der Waals surface area contributed by atoms with Crippen LogP contribution in [0.1, 0.15) is 53.2 Å². The summed E-state index contributed by atoms with van der Waals surface area (Å²) in [6.45, 7) is 0.456. The number of amides is 1. The van der Waals surface area contributed by atoms with Crippen LogP contribution in [0.5, 0.6) is 5.75 Å². The van der Waals surface area contributed by atoms with Gasteiger partial charge in [-0.1, -0.05) is 18.2 Å². The first kappa shape index (κ1) is 20.7. The minimum atomic E-state index is -0.131. The van der Waals surface area contributed by atoms with E-state index in [9.17, 15) is 4.79 Å². The summed E-state index contributed by atoms with van der Waals surface area (Å²) >= 11 is 0. The van der Waals surface area contributed by atoms with Crippen LogP contribution in [0, 0.1) is 0 Å². The maximum absolute atomic E-state index is 13.5. The fourth-order valence-corrected chi connectivity index (χ4v) is 5.25. The lowest BCUT2D eigenvalue weighted by atomic mass is 9.92. The monoisotopic (exact) mass is 453 g/mol. The molecule has 6 rings (SSSR count).